The molecule has 0 aliphatic heterocycles. The van der Waals surface area contributed by atoms with Crippen LogP contribution in [0.5, 0.6) is 0 Å². The lowest BCUT2D eigenvalue weighted by molar-refractivity contribution is 0.0984. The summed E-state index contributed by atoms with van der Waals surface area (Å²) in [5, 5.41) is 0. The van der Waals surface area contributed by atoms with Crippen molar-refractivity contribution < 1.29 is 9.18 Å². The molecule has 0 atom stereocenters. The topological polar surface area (TPSA) is 25.2 Å². The van der Waals surface area contributed by atoms with E-state index in [0.717, 1.165) is 17.4 Å². The van der Waals surface area contributed by atoms with Crippen molar-refractivity contribution in [2.45, 2.75) is 19.9 Å². The molecule has 0 N–H and O–H groups in total. The summed E-state index contributed by atoms with van der Waals surface area (Å²) < 4.78 is 15.7. The SMILES string of the molecule is CCCn1cc(Br)cc1C(=O)N(C)c1ccc(F)cc1. The zero-order chi connectivity index (χ0) is 14.7. The Morgan fingerprint density at radius 3 is 2.60 bits per heavy atom. The first-order valence-corrected chi connectivity index (χ1v) is 7.21. The fourth-order valence-corrected chi connectivity index (χ4v) is 2.50. The number of carbonyl (C=O) groups excluding carboxylic acids is 1. The number of benzene rings is 1. The number of rotatable bonds is 4. The average Bonchev–Trinajstić information content (AvgIpc) is 2.79. The van der Waals surface area contributed by atoms with Gasteiger partial charge in [0, 0.05) is 29.9 Å². The molecule has 0 saturated heterocycles. The Morgan fingerprint density at radius 1 is 1.35 bits per heavy atom. The molecule has 0 unspecified atom stereocenters. The monoisotopic (exact) mass is 338 g/mol. The van der Waals surface area contributed by atoms with Gasteiger partial charge in [0.25, 0.3) is 5.91 Å². The second-order valence-corrected chi connectivity index (χ2v) is 5.49. The number of hydrogen-bond acceptors (Lipinski definition) is 1. The summed E-state index contributed by atoms with van der Waals surface area (Å²) >= 11 is 3.40. The van der Waals surface area contributed by atoms with Crippen molar-refractivity contribution >= 4 is 27.5 Å². The van der Waals surface area contributed by atoms with Crippen molar-refractivity contribution in [1.82, 2.24) is 4.57 Å². The van der Waals surface area contributed by atoms with Gasteiger partial charge in [-0.2, -0.15) is 0 Å². The first-order chi connectivity index (χ1) is 9.52. The van der Waals surface area contributed by atoms with Crippen LogP contribution in [-0.2, 0) is 6.54 Å². The molecule has 0 fully saturated rings. The van der Waals surface area contributed by atoms with Gasteiger partial charge in [-0.3, -0.25) is 4.79 Å². The minimum Gasteiger partial charge on any atom is -0.342 e. The summed E-state index contributed by atoms with van der Waals surface area (Å²) in [7, 11) is 1.69. The number of amides is 1. The highest BCUT2D eigenvalue weighted by molar-refractivity contribution is 9.10. The predicted octanol–water partition coefficient (Wildman–Crippen LogP) is 4.08. The Labute approximate surface area is 126 Å². The summed E-state index contributed by atoms with van der Waals surface area (Å²) in [5.74, 6) is -0.428. The number of hydrogen-bond donors (Lipinski definition) is 0. The third kappa shape index (κ3) is 3.10. The van der Waals surface area contributed by atoms with Crippen LogP contribution in [0.4, 0.5) is 10.1 Å². The fraction of sp³-hybridized carbons (Fsp3) is 0.267. The number of nitrogens with zero attached hydrogens (tertiary/aromatic N) is 2. The molecule has 2 aromatic rings. The summed E-state index contributed by atoms with van der Waals surface area (Å²) in [6.07, 6.45) is 2.84. The van der Waals surface area contributed by atoms with Crippen LogP contribution in [0.1, 0.15) is 23.8 Å². The molecule has 5 heteroatoms. The highest BCUT2D eigenvalue weighted by atomic mass is 79.9. The van der Waals surface area contributed by atoms with Crippen LogP contribution in [0.2, 0.25) is 0 Å². The lowest BCUT2D eigenvalue weighted by atomic mass is 10.2. The molecule has 1 amide bonds. The minimum atomic E-state index is -0.313. The first-order valence-electron chi connectivity index (χ1n) is 6.42. The van der Waals surface area contributed by atoms with E-state index in [4.69, 9.17) is 0 Å². The van der Waals surface area contributed by atoms with Crippen LogP contribution in [-0.4, -0.2) is 17.5 Å². The Hall–Kier alpha value is -1.62. The van der Waals surface area contributed by atoms with E-state index in [1.807, 2.05) is 10.8 Å². The lowest BCUT2D eigenvalue weighted by Gasteiger charge is -2.18. The van der Waals surface area contributed by atoms with Gasteiger partial charge in [-0.25, -0.2) is 4.39 Å². The van der Waals surface area contributed by atoms with Gasteiger partial charge in [0.1, 0.15) is 11.5 Å². The molecule has 3 nitrogen and oxygen atoms in total. The second kappa shape index (κ2) is 6.22. The van der Waals surface area contributed by atoms with E-state index < -0.39 is 0 Å². The van der Waals surface area contributed by atoms with Gasteiger partial charge in [-0.1, -0.05) is 6.92 Å². The van der Waals surface area contributed by atoms with Crippen LogP contribution in [0.15, 0.2) is 41.0 Å². The molecule has 106 valence electrons. The summed E-state index contributed by atoms with van der Waals surface area (Å²) in [5.41, 5.74) is 1.28. The number of anilines is 1. The number of carbonyl (C=O) groups is 1. The maximum atomic E-state index is 12.9. The average molecular weight is 339 g/mol. The highest BCUT2D eigenvalue weighted by Crippen LogP contribution is 2.20. The van der Waals surface area contributed by atoms with Crippen LogP contribution < -0.4 is 4.90 Å². The Bertz CT molecular complexity index is 607. The molecule has 1 aromatic heterocycles. The molecule has 0 aliphatic carbocycles. The Balaban J connectivity index is 2.28. The van der Waals surface area contributed by atoms with Gasteiger partial charge in [-0.05, 0) is 52.7 Å². The van der Waals surface area contributed by atoms with Crippen LogP contribution in [0.3, 0.4) is 0 Å². The summed E-state index contributed by atoms with van der Waals surface area (Å²) in [6, 6.07) is 7.68. The van der Waals surface area contributed by atoms with Gasteiger partial charge >= 0.3 is 0 Å². The van der Waals surface area contributed by atoms with E-state index in [1.54, 1.807) is 25.2 Å². The van der Waals surface area contributed by atoms with E-state index in [-0.39, 0.29) is 11.7 Å². The lowest BCUT2D eigenvalue weighted by Crippen LogP contribution is -2.28. The van der Waals surface area contributed by atoms with Crippen molar-refractivity contribution in [3.8, 4) is 0 Å². The van der Waals surface area contributed by atoms with Gasteiger partial charge in [0.15, 0.2) is 0 Å². The van der Waals surface area contributed by atoms with Crippen LogP contribution in [0, 0.1) is 5.82 Å². The van der Waals surface area contributed by atoms with E-state index >= 15 is 0 Å². The maximum Gasteiger partial charge on any atom is 0.274 e. The second-order valence-electron chi connectivity index (χ2n) is 4.58. The van der Waals surface area contributed by atoms with E-state index in [9.17, 15) is 9.18 Å². The minimum absolute atomic E-state index is 0.115. The van der Waals surface area contributed by atoms with Crippen LogP contribution >= 0.6 is 15.9 Å². The molecule has 0 aliphatic rings. The zero-order valence-corrected chi connectivity index (χ0v) is 13.0. The molecule has 20 heavy (non-hydrogen) atoms. The number of aromatic nitrogens is 1. The molecule has 1 heterocycles. The smallest absolute Gasteiger partial charge is 0.274 e. The van der Waals surface area contributed by atoms with Gasteiger partial charge < -0.3 is 9.47 Å². The maximum absolute atomic E-state index is 12.9. The zero-order valence-electron chi connectivity index (χ0n) is 11.4. The molecule has 0 saturated carbocycles. The van der Waals surface area contributed by atoms with Crippen molar-refractivity contribution in [2.75, 3.05) is 11.9 Å². The van der Waals surface area contributed by atoms with Gasteiger partial charge in [0.2, 0.25) is 0 Å². The summed E-state index contributed by atoms with van der Waals surface area (Å²) in [6.45, 7) is 2.84. The van der Waals surface area contributed by atoms with Gasteiger partial charge in [0.05, 0.1) is 0 Å². The fourth-order valence-electron chi connectivity index (χ4n) is 2.03. The molecular weight excluding hydrogens is 323 g/mol. The van der Waals surface area contributed by atoms with E-state index in [0.29, 0.717) is 11.4 Å². The number of aryl methyl sites for hydroxylation is 1. The van der Waals surface area contributed by atoms with E-state index in [2.05, 4.69) is 22.9 Å². The van der Waals surface area contributed by atoms with E-state index in [1.165, 1.54) is 17.0 Å². The molecule has 1 aromatic carbocycles. The molecule has 0 spiro atoms. The first kappa shape index (κ1) is 14.8. The van der Waals surface area contributed by atoms with Crippen LogP contribution in [0.25, 0.3) is 0 Å². The normalized spacial score (nSPS) is 10.6. The molecule has 2 rings (SSSR count). The third-order valence-corrected chi connectivity index (χ3v) is 3.50. The standard InChI is InChI=1S/C15H16BrFN2O/c1-3-8-19-10-11(16)9-14(19)15(20)18(2)13-6-4-12(17)5-7-13/h4-7,9-10H,3,8H2,1-2H3. The Morgan fingerprint density at radius 2 is 2.00 bits per heavy atom. The molecule has 0 radical (unpaired) electrons. The molecule has 0 bridgehead atoms. The quantitative estimate of drug-likeness (QED) is 0.824. The number of halogens is 2. The molecular formula is C15H16BrFN2O. The van der Waals surface area contributed by atoms with Crippen molar-refractivity contribution in [3.05, 3.63) is 52.5 Å². The van der Waals surface area contributed by atoms with Crippen molar-refractivity contribution in [2.24, 2.45) is 0 Å². The highest BCUT2D eigenvalue weighted by Gasteiger charge is 2.18. The third-order valence-electron chi connectivity index (χ3n) is 3.07. The largest absolute Gasteiger partial charge is 0.342 e. The Kier molecular flexibility index (Phi) is 4.60. The van der Waals surface area contributed by atoms with Crippen molar-refractivity contribution in [3.63, 3.8) is 0 Å². The van der Waals surface area contributed by atoms with Crippen molar-refractivity contribution in [1.29, 1.82) is 0 Å². The summed E-state index contributed by atoms with van der Waals surface area (Å²) in [4.78, 5) is 14.1. The predicted molar refractivity (Wildman–Crippen MR) is 81.6 cm³/mol. The van der Waals surface area contributed by atoms with Gasteiger partial charge in [-0.15, -0.1) is 0 Å².